The number of carbonyl (C=O) groups is 1. The van der Waals surface area contributed by atoms with E-state index in [4.69, 9.17) is 5.73 Å². The number of aliphatic imine (C=N–C) groups is 1. The van der Waals surface area contributed by atoms with Crippen LogP contribution in [0.4, 0.5) is 14.5 Å². The zero-order valence-corrected chi connectivity index (χ0v) is 15.0. The minimum absolute atomic E-state index is 0. The van der Waals surface area contributed by atoms with E-state index in [1.54, 1.807) is 0 Å². The molecule has 128 valence electrons. The van der Waals surface area contributed by atoms with Gasteiger partial charge in [0.15, 0.2) is 5.96 Å². The van der Waals surface area contributed by atoms with Crippen molar-refractivity contribution in [2.75, 3.05) is 18.4 Å². The molecule has 1 amide bonds. The van der Waals surface area contributed by atoms with Gasteiger partial charge in [-0.25, -0.2) is 13.8 Å². The lowest BCUT2D eigenvalue weighted by Gasteiger charge is -2.19. The average Bonchev–Trinajstić information content (AvgIpc) is 2.51. The Balaban J connectivity index is 0.00000264. The van der Waals surface area contributed by atoms with Crippen LogP contribution in [0.1, 0.15) is 24.0 Å². The number of halogens is 3. The molecule has 23 heavy (non-hydrogen) atoms. The Kier molecular flexibility index (Phi) is 8.21. The molecule has 0 unspecified atom stereocenters. The van der Waals surface area contributed by atoms with Gasteiger partial charge in [0.1, 0.15) is 6.54 Å². The molecule has 1 aromatic rings. The Morgan fingerprint density at radius 3 is 2.78 bits per heavy atom. The van der Waals surface area contributed by atoms with Crippen LogP contribution in [0.2, 0.25) is 0 Å². The van der Waals surface area contributed by atoms with E-state index in [1.165, 1.54) is 17.5 Å². The lowest BCUT2D eigenvalue weighted by atomic mass is 9.90. The number of aryl methyl sites for hydroxylation is 1. The normalized spacial score (nSPS) is 14.0. The quantitative estimate of drug-likeness (QED) is 0.375. The van der Waals surface area contributed by atoms with Gasteiger partial charge in [0.2, 0.25) is 5.91 Å². The number of anilines is 1. The summed E-state index contributed by atoms with van der Waals surface area (Å²) in [6, 6.07) is 5.98. The predicted octanol–water partition coefficient (Wildman–Crippen LogP) is 2.29. The third-order valence-electron chi connectivity index (χ3n) is 3.51. The van der Waals surface area contributed by atoms with E-state index in [0.717, 1.165) is 24.9 Å². The van der Waals surface area contributed by atoms with E-state index in [1.807, 2.05) is 12.1 Å². The van der Waals surface area contributed by atoms with Gasteiger partial charge in [-0.3, -0.25) is 4.79 Å². The van der Waals surface area contributed by atoms with Gasteiger partial charge >= 0.3 is 0 Å². The van der Waals surface area contributed by atoms with Crippen molar-refractivity contribution in [2.45, 2.75) is 32.1 Å². The topological polar surface area (TPSA) is 79.5 Å². The third kappa shape index (κ3) is 6.28. The van der Waals surface area contributed by atoms with Gasteiger partial charge in [-0.15, -0.1) is 24.0 Å². The van der Waals surface area contributed by atoms with Gasteiger partial charge in [0.25, 0.3) is 6.43 Å². The second-order valence-corrected chi connectivity index (χ2v) is 5.17. The molecule has 0 heterocycles. The summed E-state index contributed by atoms with van der Waals surface area (Å²) in [4.78, 5) is 15.2. The fourth-order valence-corrected chi connectivity index (χ4v) is 2.48. The number of benzene rings is 1. The summed E-state index contributed by atoms with van der Waals surface area (Å²) < 4.78 is 23.9. The fraction of sp³-hybridized carbons (Fsp3) is 0.467. The first-order chi connectivity index (χ1) is 10.6. The molecule has 0 atom stereocenters. The number of hydrogen-bond donors (Lipinski definition) is 3. The number of hydrogen-bond acceptors (Lipinski definition) is 2. The molecule has 0 aromatic heterocycles. The summed E-state index contributed by atoms with van der Waals surface area (Å²) in [5.41, 5.74) is 9.18. The van der Waals surface area contributed by atoms with Crippen LogP contribution in [-0.4, -0.2) is 31.4 Å². The van der Waals surface area contributed by atoms with Gasteiger partial charge in [0.05, 0.1) is 6.54 Å². The highest BCUT2D eigenvalue weighted by Gasteiger charge is 2.13. The van der Waals surface area contributed by atoms with Crippen molar-refractivity contribution in [3.63, 3.8) is 0 Å². The number of rotatable bonds is 5. The number of nitrogens with zero attached hydrogens (tertiary/aromatic N) is 1. The molecule has 1 aromatic carbocycles. The zero-order chi connectivity index (χ0) is 15.9. The first-order valence-corrected chi connectivity index (χ1v) is 7.29. The van der Waals surface area contributed by atoms with E-state index in [0.29, 0.717) is 0 Å². The Labute approximate surface area is 151 Å². The lowest BCUT2D eigenvalue weighted by Crippen LogP contribution is -2.32. The molecule has 4 N–H and O–H groups in total. The van der Waals surface area contributed by atoms with Gasteiger partial charge in [-0.1, -0.05) is 12.1 Å². The van der Waals surface area contributed by atoms with Gasteiger partial charge in [0, 0.05) is 5.69 Å². The van der Waals surface area contributed by atoms with Crippen molar-refractivity contribution < 1.29 is 13.6 Å². The molecule has 8 heteroatoms. The van der Waals surface area contributed by atoms with Crippen molar-refractivity contribution in [3.8, 4) is 0 Å². The van der Waals surface area contributed by atoms with Crippen molar-refractivity contribution in [1.29, 1.82) is 0 Å². The minimum atomic E-state index is -2.57. The van der Waals surface area contributed by atoms with Gasteiger partial charge < -0.3 is 16.4 Å². The molecular weight excluding hydrogens is 417 g/mol. The Morgan fingerprint density at radius 2 is 2.04 bits per heavy atom. The van der Waals surface area contributed by atoms with Crippen LogP contribution in [0.5, 0.6) is 0 Å². The van der Waals surface area contributed by atoms with E-state index in [9.17, 15) is 13.6 Å². The Hall–Kier alpha value is -1.45. The maximum Gasteiger partial charge on any atom is 0.255 e. The predicted molar refractivity (Wildman–Crippen MR) is 97.6 cm³/mol. The molecule has 0 spiro atoms. The lowest BCUT2D eigenvalue weighted by molar-refractivity contribution is -0.120. The highest BCUT2D eigenvalue weighted by atomic mass is 127. The van der Waals surface area contributed by atoms with E-state index in [2.05, 4.69) is 21.7 Å². The van der Waals surface area contributed by atoms with Crippen molar-refractivity contribution in [2.24, 2.45) is 10.7 Å². The number of alkyl halides is 2. The van der Waals surface area contributed by atoms with Crippen LogP contribution < -0.4 is 16.4 Å². The molecule has 0 bridgehead atoms. The molecule has 0 saturated heterocycles. The Bertz CT molecular complexity index is 566. The number of carbonyl (C=O) groups excluding carboxylic acids is 1. The first kappa shape index (κ1) is 19.6. The highest BCUT2D eigenvalue weighted by Crippen LogP contribution is 2.27. The van der Waals surface area contributed by atoms with Crippen molar-refractivity contribution >= 4 is 41.5 Å². The molecule has 0 saturated carbocycles. The summed E-state index contributed by atoms with van der Waals surface area (Å²) >= 11 is 0. The second-order valence-electron chi connectivity index (χ2n) is 5.17. The smallest absolute Gasteiger partial charge is 0.255 e. The molecule has 5 nitrogen and oxygen atoms in total. The van der Waals surface area contributed by atoms with Crippen LogP contribution >= 0.6 is 24.0 Å². The standard InChI is InChI=1S/C15H20F2N4O.HI/c16-13(17)8-19-14(22)9-20-15(18)21-12-7-3-5-10-4-1-2-6-11(10)12;/h3,5,7,13H,1-2,4,6,8-9H2,(H,19,22)(H3,18,20,21);1H. The summed E-state index contributed by atoms with van der Waals surface area (Å²) in [6.45, 7) is -0.950. The zero-order valence-electron chi connectivity index (χ0n) is 12.6. The third-order valence-corrected chi connectivity index (χ3v) is 3.51. The molecule has 0 radical (unpaired) electrons. The number of guanidine groups is 1. The van der Waals surface area contributed by atoms with Gasteiger partial charge in [-0.2, -0.15) is 0 Å². The summed E-state index contributed by atoms with van der Waals surface area (Å²) in [6.07, 6.45) is 1.79. The largest absolute Gasteiger partial charge is 0.370 e. The molecule has 0 aliphatic heterocycles. The van der Waals surface area contributed by atoms with Crippen molar-refractivity contribution in [1.82, 2.24) is 5.32 Å². The average molecular weight is 438 g/mol. The van der Waals surface area contributed by atoms with Crippen LogP contribution in [-0.2, 0) is 17.6 Å². The summed E-state index contributed by atoms with van der Waals surface area (Å²) in [5.74, 6) is -0.480. The van der Waals surface area contributed by atoms with Crippen LogP contribution in [0.3, 0.4) is 0 Å². The highest BCUT2D eigenvalue weighted by molar-refractivity contribution is 14.0. The van der Waals surface area contributed by atoms with Crippen LogP contribution in [0.15, 0.2) is 23.2 Å². The number of nitrogens with one attached hydrogen (secondary N) is 2. The fourth-order valence-electron chi connectivity index (χ4n) is 2.48. The maximum absolute atomic E-state index is 12.0. The molecule has 1 aliphatic carbocycles. The van der Waals surface area contributed by atoms with Crippen molar-refractivity contribution in [3.05, 3.63) is 29.3 Å². The second kappa shape index (κ2) is 9.64. The Morgan fingerprint density at radius 1 is 1.30 bits per heavy atom. The molecular formula is C15H21F2IN4O. The number of amides is 1. The summed E-state index contributed by atoms with van der Waals surface area (Å²) in [5, 5.41) is 5.06. The van der Waals surface area contributed by atoms with E-state index in [-0.39, 0.29) is 36.5 Å². The summed E-state index contributed by atoms with van der Waals surface area (Å²) in [7, 11) is 0. The molecule has 1 aliphatic rings. The van der Waals surface area contributed by atoms with E-state index < -0.39 is 18.9 Å². The molecule has 0 fully saturated rings. The maximum atomic E-state index is 12.0. The molecule has 2 rings (SSSR count). The van der Waals surface area contributed by atoms with E-state index >= 15 is 0 Å². The first-order valence-electron chi connectivity index (χ1n) is 7.29. The van der Waals surface area contributed by atoms with Crippen LogP contribution in [0.25, 0.3) is 0 Å². The van der Waals surface area contributed by atoms with Crippen LogP contribution in [0, 0.1) is 0 Å². The monoisotopic (exact) mass is 438 g/mol. The number of fused-ring (bicyclic) bond motifs is 1. The number of nitrogens with two attached hydrogens (primary N) is 1. The SMILES string of the molecule is I.NC(=NCC(=O)NCC(F)F)Nc1cccc2c1CCCC2. The minimum Gasteiger partial charge on any atom is -0.370 e. The van der Waals surface area contributed by atoms with Gasteiger partial charge in [-0.05, 0) is 42.9 Å².